The second-order valence-electron chi connectivity index (χ2n) is 3.51. The molecule has 0 saturated carbocycles. The van der Waals surface area contributed by atoms with Crippen molar-refractivity contribution >= 4 is 46.7 Å². The Hall–Kier alpha value is -1.60. The first kappa shape index (κ1) is 10.5. The van der Waals surface area contributed by atoms with Gasteiger partial charge < -0.3 is 4.90 Å². The molecule has 0 aromatic carbocycles. The Kier molecular flexibility index (Phi) is 2.49. The minimum atomic E-state index is -0.331. The number of carbonyl (C=O) groups excluding carboxylic acids is 2. The van der Waals surface area contributed by atoms with E-state index in [1.807, 2.05) is 17.2 Å². The first-order chi connectivity index (χ1) is 8.22. The third-order valence-electron chi connectivity index (χ3n) is 2.34. The van der Waals surface area contributed by atoms with E-state index >= 15 is 0 Å². The van der Waals surface area contributed by atoms with Crippen LogP contribution in [0.25, 0.3) is 12.3 Å². The number of nitrogens with zero attached hydrogens (tertiary/aromatic N) is 2. The summed E-state index contributed by atoms with van der Waals surface area (Å²) in [6.07, 6.45) is 7.43. The SMILES string of the molecule is O=C1NC(=O)/C(=C/N2C=c3cnsc3=CC2)S1. The minimum Gasteiger partial charge on any atom is -0.348 e. The number of imide groups is 1. The molecule has 0 spiro atoms. The Morgan fingerprint density at radius 1 is 1.47 bits per heavy atom. The topological polar surface area (TPSA) is 62.3 Å². The van der Waals surface area contributed by atoms with E-state index in [1.165, 1.54) is 11.5 Å². The largest absolute Gasteiger partial charge is 0.348 e. The highest BCUT2D eigenvalue weighted by atomic mass is 32.2. The number of rotatable bonds is 1. The van der Waals surface area contributed by atoms with Crippen molar-refractivity contribution in [3.05, 3.63) is 27.1 Å². The summed E-state index contributed by atoms with van der Waals surface area (Å²) in [5.74, 6) is -0.331. The fourth-order valence-corrected chi connectivity index (χ4v) is 2.89. The summed E-state index contributed by atoms with van der Waals surface area (Å²) < 4.78 is 5.23. The van der Waals surface area contributed by atoms with Crippen LogP contribution in [0.3, 0.4) is 0 Å². The Labute approximate surface area is 105 Å². The third kappa shape index (κ3) is 1.98. The zero-order valence-electron chi connectivity index (χ0n) is 8.54. The first-order valence-corrected chi connectivity index (χ1v) is 6.45. The summed E-state index contributed by atoms with van der Waals surface area (Å²) in [5.41, 5.74) is 0. The van der Waals surface area contributed by atoms with Crippen molar-refractivity contribution in [1.82, 2.24) is 14.6 Å². The van der Waals surface area contributed by atoms with E-state index in [1.54, 1.807) is 12.4 Å². The molecule has 0 radical (unpaired) electrons. The van der Waals surface area contributed by atoms with Gasteiger partial charge in [0.05, 0.1) is 9.44 Å². The third-order valence-corrected chi connectivity index (χ3v) is 3.95. The summed E-state index contributed by atoms with van der Waals surface area (Å²) in [7, 11) is 0. The fraction of sp³-hybridized carbons (Fsp3) is 0.100. The van der Waals surface area contributed by atoms with E-state index in [4.69, 9.17) is 0 Å². The van der Waals surface area contributed by atoms with Gasteiger partial charge in [-0.05, 0) is 29.4 Å². The molecule has 3 heterocycles. The molecule has 0 atom stereocenters. The average molecular weight is 265 g/mol. The Morgan fingerprint density at radius 3 is 3.12 bits per heavy atom. The van der Waals surface area contributed by atoms with Crippen molar-refractivity contribution in [3.63, 3.8) is 0 Å². The van der Waals surface area contributed by atoms with Gasteiger partial charge in [-0.2, -0.15) is 4.37 Å². The van der Waals surface area contributed by atoms with E-state index in [9.17, 15) is 9.59 Å². The highest BCUT2D eigenvalue weighted by Gasteiger charge is 2.25. The maximum Gasteiger partial charge on any atom is 0.290 e. The van der Waals surface area contributed by atoms with Crippen molar-refractivity contribution in [2.75, 3.05) is 6.54 Å². The van der Waals surface area contributed by atoms with Gasteiger partial charge in [-0.25, -0.2) is 0 Å². The molecule has 86 valence electrons. The molecule has 1 fully saturated rings. The van der Waals surface area contributed by atoms with Gasteiger partial charge in [-0.3, -0.25) is 14.9 Å². The van der Waals surface area contributed by atoms with Crippen LogP contribution in [-0.4, -0.2) is 27.0 Å². The van der Waals surface area contributed by atoms with E-state index < -0.39 is 0 Å². The van der Waals surface area contributed by atoms with Crippen LogP contribution in [0.1, 0.15) is 0 Å². The lowest BCUT2D eigenvalue weighted by atomic mass is 10.3. The van der Waals surface area contributed by atoms with Crippen LogP contribution in [-0.2, 0) is 4.79 Å². The molecule has 7 heteroatoms. The van der Waals surface area contributed by atoms with Crippen molar-refractivity contribution in [2.45, 2.75) is 0 Å². The summed E-state index contributed by atoms with van der Waals surface area (Å²) in [5, 5.41) is 2.94. The molecule has 0 bridgehead atoms. The molecular formula is C10H7N3O2S2. The molecule has 0 aliphatic carbocycles. The second-order valence-corrected chi connectivity index (χ2v) is 5.36. The Bertz CT molecular complexity index is 647. The lowest BCUT2D eigenvalue weighted by Gasteiger charge is -2.15. The van der Waals surface area contributed by atoms with Crippen molar-refractivity contribution < 1.29 is 9.59 Å². The number of thioether (sulfide) groups is 1. The predicted octanol–water partition coefficient (Wildman–Crippen LogP) is -0.198. The van der Waals surface area contributed by atoms with Gasteiger partial charge in [0.25, 0.3) is 11.1 Å². The molecule has 1 aromatic rings. The monoisotopic (exact) mass is 265 g/mol. The zero-order chi connectivity index (χ0) is 11.8. The smallest absolute Gasteiger partial charge is 0.290 e. The Balaban J connectivity index is 1.91. The average Bonchev–Trinajstić information content (AvgIpc) is 2.85. The molecule has 1 N–H and O–H groups in total. The van der Waals surface area contributed by atoms with Gasteiger partial charge >= 0.3 is 0 Å². The fourth-order valence-electron chi connectivity index (χ4n) is 1.58. The summed E-state index contributed by atoms with van der Waals surface area (Å²) in [4.78, 5) is 24.7. The molecule has 2 amide bonds. The van der Waals surface area contributed by atoms with Gasteiger partial charge in [0.15, 0.2) is 0 Å². The first-order valence-electron chi connectivity index (χ1n) is 4.86. The molecule has 0 unspecified atom stereocenters. The van der Waals surface area contributed by atoms with Gasteiger partial charge in [-0.1, -0.05) is 0 Å². The lowest BCUT2D eigenvalue weighted by molar-refractivity contribution is -0.115. The molecule has 5 nitrogen and oxygen atoms in total. The van der Waals surface area contributed by atoms with Gasteiger partial charge in [0.1, 0.15) is 0 Å². The van der Waals surface area contributed by atoms with Crippen molar-refractivity contribution in [2.24, 2.45) is 0 Å². The number of amides is 2. The van der Waals surface area contributed by atoms with Gasteiger partial charge in [0, 0.05) is 30.4 Å². The number of aromatic nitrogens is 1. The van der Waals surface area contributed by atoms with Crippen LogP contribution in [0.5, 0.6) is 0 Å². The summed E-state index contributed by atoms with van der Waals surface area (Å²) >= 11 is 2.37. The van der Waals surface area contributed by atoms with Crippen LogP contribution in [0.4, 0.5) is 4.79 Å². The van der Waals surface area contributed by atoms with Gasteiger partial charge in [0.2, 0.25) is 0 Å². The number of fused-ring (bicyclic) bond motifs is 1. The molecule has 3 rings (SSSR count). The van der Waals surface area contributed by atoms with E-state index in [2.05, 4.69) is 9.69 Å². The van der Waals surface area contributed by atoms with Crippen molar-refractivity contribution in [3.8, 4) is 0 Å². The summed E-state index contributed by atoms with van der Waals surface area (Å²) in [6, 6.07) is 0. The molecule has 2 aliphatic heterocycles. The number of hydrogen-bond acceptors (Lipinski definition) is 6. The van der Waals surface area contributed by atoms with E-state index in [0.717, 1.165) is 21.5 Å². The maximum absolute atomic E-state index is 11.4. The quantitative estimate of drug-likeness (QED) is 0.713. The Morgan fingerprint density at radius 2 is 2.35 bits per heavy atom. The zero-order valence-corrected chi connectivity index (χ0v) is 10.2. The lowest BCUT2D eigenvalue weighted by Crippen LogP contribution is -2.29. The van der Waals surface area contributed by atoms with Crippen LogP contribution in [0.15, 0.2) is 17.3 Å². The number of hydrogen-bond donors (Lipinski definition) is 1. The molecule has 1 aromatic heterocycles. The van der Waals surface area contributed by atoms with Gasteiger partial charge in [-0.15, -0.1) is 0 Å². The van der Waals surface area contributed by atoms with Crippen LogP contribution in [0.2, 0.25) is 0 Å². The standard InChI is InChI=1S/C10H7N3O2S2/c14-9-8(16-10(15)12-9)5-13-2-1-7-6(4-13)3-11-17-7/h1,3-5H,2H2,(H,12,14,15)/b8-5-. The number of nitrogens with one attached hydrogen (secondary N) is 1. The highest BCUT2D eigenvalue weighted by molar-refractivity contribution is 8.18. The maximum atomic E-state index is 11.4. The molecule has 17 heavy (non-hydrogen) atoms. The van der Waals surface area contributed by atoms with Crippen LogP contribution in [0, 0.1) is 0 Å². The van der Waals surface area contributed by atoms with E-state index in [0.29, 0.717) is 11.4 Å². The number of carbonyl (C=O) groups is 2. The highest BCUT2D eigenvalue weighted by Crippen LogP contribution is 2.23. The van der Waals surface area contributed by atoms with Crippen LogP contribution >= 0.6 is 23.3 Å². The molecule has 2 aliphatic rings. The summed E-state index contributed by atoms with van der Waals surface area (Å²) in [6.45, 7) is 0.681. The second kappa shape index (κ2) is 4.01. The predicted molar refractivity (Wildman–Crippen MR) is 66.2 cm³/mol. The molecular weight excluding hydrogens is 258 g/mol. The molecule has 1 saturated heterocycles. The van der Waals surface area contributed by atoms with Crippen molar-refractivity contribution in [1.29, 1.82) is 0 Å². The van der Waals surface area contributed by atoms with Crippen LogP contribution < -0.4 is 15.1 Å². The normalized spacial score (nSPS) is 20.9. The minimum absolute atomic E-state index is 0.319. The van der Waals surface area contributed by atoms with E-state index in [-0.39, 0.29) is 11.1 Å².